The summed E-state index contributed by atoms with van der Waals surface area (Å²) < 4.78 is 46.9. The van der Waals surface area contributed by atoms with Gasteiger partial charge >= 0.3 is 12.3 Å². The predicted molar refractivity (Wildman–Crippen MR) is 129 cm³/mol. The number of ether oxygens (including phenoxy) is 1. The average molecular weight is 521 g/mol. The van der Waals surface area contributed by atoms with Crippen molar-refractivity contribution in [3.05, 3.63) is 76.6 Å². The molecular weight excluding hydrogens is 497 g/mol. The zero-order chi connectivity index (χ0) is 25.9. The molecular formula is C25H24ClF3N4O3. The molecule has 0 bridgehead atoms. The van der Waals surface area contributed by atoms with Gasteiger partial charge in [0.25, 0.3) is 5.91 Å². The number of aromatic nitrogens is 2. The van der Waals surface area contributed by atoms with Gasteiger partial charge in [0.2, 0.25) is 0 Å². The molecule has 0 radical (unpaired) electrons. The number of hydrogen-bond donors (Lipinski definition) is 1. The van der Waals surface area contributed by atoms with Crippen LogP contribution in [0.2, 0.25) is 5.02 Å². The van der Waals surface area contributed by atoms with E-state index in [1.54, 1.807) is 36.1 Å². The lowest BCUT2D eigenvalue weighted by Gasteiger charge is -2.31. The van der Waals surface area contributed by atoms with Crippen molar-refractivity contribution in [1.29, 1.82) is 0 Å². The fourth-order valence-electron chi connectivity index (χ4n) is 4.16. The van der Waals surface area contributed by atoms with Gasteiger partial charge in [0.1, 0.15) is 0 Å². The second-order valence-corrected chi connectivity index (χ2v) is 8.73. The highest BCUT2D eigenvalue weighted by molar-refractivity contribution is 6.32. The second kappa shape index (κ2) is 10.6. The van der Waals surface area contributed by atoms with Crippen LogP contribution in [0.25, 0.3) is 5.69 Å². The Kier molecular flexibility index (Phi) is 7.53. The molecule has 0 spiro atoms. The minimum atomic E-state index is -4.83. The molecule has 1 fully saturated rings. The van der Waals surface area contributed by atoms with Crippen LogP contribution in [0.4, 0.5) is 23.7 Å². The highest BCUT2D eigenvalue weighted by atomic mass is 35.5. The molecule has 1 saturated heterocycles. The van der Waals surface area contributed by atoms with Crippen LogP contribution >= 0.6 is 11.6 Å². The number of rotatable bonds is 5. The molecule has 1 aliphatic heterocycles. The van der Waals surface area contributed by atoms with E-state index in [9.17, 15) is 22.8 Å². The number of carbonyl (C=O) groups is 2. The maximum atomic E-state index is 13.6. The van der Waals surface area contributed by atoms with Crippen molar-refractivity contribution in [1.82, 2.24) is 14.7 Å². The second-order valence-electron chi connectivity index (χ2n) is 8.32. The summed E-state index contributed by atoms with van der Waals surface area (Å²) in [4.78, 5) is 26.4. The Bertz CT molecular complexity index is 1240. The van der Waals surface area contributed by atoms with E-state index in [1.807, 2.05) is 12.1 Å². The van der Waals surface area contributed by atoms with Crippen LogP contribution in [0.15, 0.2) is 54.7 Å². The Morgan fingerprint density at radius 2 is 1.78 bits per heavy atom. The van der Waals surface area contributed by atoms with E-state index in [4.69, 9.17) is 16.3 Å². The third kappa shape index (κ3) is 5.64. The molecule has 2 heterocycles. The van der Waals surface area contributed by atoms with Gasteiger partial charge in [-0.15, -0.1) is 0 Å². The van der Waals surface area contributed by atoms with Crippen LogP contribution in [0.5, 0.6) is 0 Å². The van der Waals surface area contributed by atoms with E-state index in [-0.39, 0.29) is 22.7 Å². The average Bonchev–Trinajstić information content (AvgIpc) is 3.31. The van der Waals surface area contributed by atoms with E-state index >= 15 is 0 Å². The highest BCUT2D eigenvalue weighted by Crippen LogP contribution is 2.33. The number of hydrogen-bond acceptors (Lipinski definition) is 4. The first kappa shape index (κ1) is 25.6. The molecule has 1 aromatic heterocycles. The third-order valence-corrected chi connectivity index (χ3v) is 6.31. The summed E-state index contributed by atoms with van der Waals surface area (Å²) in [7, 11) is 0. The summed E-state index contributed by atoms with van der Waals surface area (Å²) in [5.74, 6) is -0.706. The minimum Gasteiger partial charge on any atom is -0.450 e. The van der Waals surface area contributed by atoms with E-state index in [1.165, 1.54) is 12.1 Å². The number of anilines is 1. The molecule has 1 aliphatic rings. The fraction of sp³-hybridized carbons (Fsp3) is 0.320. The Hall–Kier alpha value is -3.53. The Balaban J connectivity index is 1.47. The normalized spacial score (nSPS) is 14.5. The van der Waals surface area contributed by atoms with Crippen LogP contribution in [0.1, 0.15) is 47.3 Å². The van der Waals surface area contributed by atoms with Crippen molar-refractivity contribution in [2.45, 2.75) is 31.9 Å². The molecule has 36 heavy (non-hydrogen) atoms. The molecule has 2 amide bonds. The molecule has 0 unspecified atom stereocenters. The maximum Gasteiger partial charge on any atom is 0.435 e. The topological polar surface area (TPSA) is 76.5 Å². The SMILES string of the molecule is CCOC(=O)N1CCC(c2ccc(NC(=O)c3cn(-c4ccccc4Cl)nc3C(F)(F)F)cc2)CC1. The maximum absolute atomic E-state index is 13.6. The molecule has 3 aromatic rings. The van der Waals surface area contributed by atoms with E-state index in [0.29, 0.717) is 25.4 Å². The Morgan fingerprint density at radius 3 is 2.39 bits per heavy atom. The van der Waals surface area contributed by atoms with Crippen LogP contribution < -0.4 is 5.32 Å². The highest BCUT2D eigenvalue weighted by Gasteiger charge is 2.39. The molecule has 4 rings (SSSR count). The van der Waals surface area contributed by atoms with Crippen molar-refractivity contribution in [3.63, 3.8) is 0 Å². The van der Waals surface area contributed by atoms with Gasteiger partial charge in [0.05, 0.1) is 22.9 Å². The van der Waals surface area contributed by atoms with Gasteiger partial charge in [-0.05, 0) is 55.5 Å². The summed E-state index contributed by atoms with van der Waals surface area (Å²) in [5, 5.41) is 6.31. The van der Waals surface area contributed by atoms with Gasteiger partial charge in [-0.1, -0.05) is 35.9 Å². The number of likely N-dealkylation sites (tertiary alicyclic amines) is 1. The first-order chi connectivity index (χ1) is 17.2. The molecule has 1 N–H and O–H groups in total. The van der Waals surface area contributed by atoms with Gasteiger partial charge in [-0.3, -0.25) is 4.79 Å². The third-order valence-electron chi connectivity index (χ3n) is 5.99. The summed E-state index contributed by atoms with van der Waals surface area (Å²) in [5.41, 5.74) is -0.310. The molecule has 7 nitrogen and oxygen atoms in total. The van der Waals surface area contributed by atoms with Crippen molar-refractivity contribution in [2.75, 3.05) is 25.0 Å². The Morgan fingerprint density at radius 1 is 1.11 bits per heavy atom. The zero-order valence-electron chi connectivity index (χ0n) is 19.4. The molecule has 11 heteroatoms. The summed E-state index contributed by atoms with van der Waals surface area (Å²) >= 11 is 6.09. The molecule has 190 valence electrons. The Labute approximate surface area is 210 Å². The smallest absolute Gasteiger partial charge is 0.435 e. The van der Waals surface area contributed by atoms with Crippen molar-refractivity contribution < 1.29 is 27.5 Å². The van der Waals surface area contributed by atoms with Crippen LogP contribution in [-0.2, 0) is 10.9 Å². The summed E-state index contributed by atoms with van der Waals surface area (Å²) in [6, 6.07) is 13.2. The van der Waals surface area contributed by atoms with Crippen LogP contribution in [0.3, 0.4) is 0 Å². The number of benzene rings is 2. The van der Waals surface area contributed by atoms with E-state index in [2.05, 4.69) is 10.4 Å². The van der Waals surface area contributed by atoms with E-state index in [0.717, 1.165) is 29.3 Å². The zero-order valence-corrected chi connectivity index (χ0v) is 20.1. The molecule has 0 saturated carbocycles. The number of nitrogens with zero attached hydrogens (tertiary/aromatic N) is 3. The van der Waals surface area contributed by atoms with Gasteiger partial charge in [-0.25, -0.2) is 9.48 Å². The quantitative estimate of drug-likeness (QED) is 0.439. The van der Waals surface area contributed by atoms with Crippen molar-refractivity contribution in [3.8, 4) is 5.69 Å². The minimum absolute atomic E-state index is 0.198. The lowest BCUT2D eigenvalue weighted by atomic mass is 9.89. The molecule has 0 aliphatic carbocycles. The van der Waals surface area contributed by atoms with E-state index < -0.39 is 23.3 Å². The number of alkyl halides is 3. The van der Waals surface area contributed by atoms with Gasteiger partial charge in [-0.2, -0.15) is 18.3 Å². The summed E-state index contributed by atoms with van der Waals surface area (Å²) in [6.45, 7) is 3.26. The van der Waals surface area contributed by atoms with Crippen LogP contribution in [0, 0.1) is 0 Å². The standard InChI is InChI=1S/C25H24ClF3N4O3/c1-2-36-24(35)32-13-11-17(12-14-32)16-7-9-18(10-8-16)30-23(34)19-15-33(31-22(19)25(27,28)29)21-6-4-3-5-20(21)26/h3-10,15,17H,2,11-14H2,1H3,(H,30,34). The monoisotopic (exact) mass is 520 g/mol. The van der Waals surface area contributed by atoms with Gasteiger partial charge < -0.3 is 15.0 Å². The number of piperidine rings is 1. The predicted octanol–water partition coefficient (Wildman–Crippen LogP) is 6.13. The lowest BCUT2D eigenvalue weighted by Crippen LogP contribution is -2.38. The largest absolute Gasteiger partial charge is 0.450 e. The molecule has 0 atom stereocenters. The van der Waals surface area contributed by atoms with Gasteiger partial charge in [0, 0.05) is 25.0 Å². The van der Waals surface area contributed by atoms with Gasteiger partial charge in [0.15, 0.2) is 5.69 Å². The first-order valence-electron chi connectivity index (χ1n) is 11.4. The summed E-state index contributed by atoms with van der Waals surface area (Å²) in [6.07, 6.45) is -2.60. The van der Waals surface area contributed by atoms with Crippen molar-refractivity contribution in [2.24, 2.45) is 0 Å². The number of carbonyl (C=O) groups excluding carboxylic acids is 2. The van der Waals surface area contributed by atoms with Crippen molar-refractivity contribution >= 4 is 29.3 Å². The van der Waals surface area contributed by atoms with Crippen LogP contribution in [-0.4, -0.2) is 46.4 Å². The number of halogens is 4. The number of amides is 2. The first-order valence-corrected chi connectivity index (χ1v) is 11.8. The number of nitrogens with one attached hydrogen (secondary N) is 1. The fourth-order valence-corrected chi connectivity index (χ4v) is 4.38. The number of para-hydroxylation sites is 1. The molecule has 2 aromatic carbocycles. The lowest BCUT2D eigenvalue weighted by molar-refractivity contribution is -0.141.